The zero-order chi connectivity index (χ0) is 28.8. The van der Waals surface area contributed by atoms with Crippen molar-refractivity contribution >= 4 is 23.9 Å². The molecule has 3 aromatic carbocycles. The Balaban J connectivity index is 1.49. The lowest BCUT2D eigenvalue weighted by Gasteiger charge is -2.24. The number of benzene rings is 3. The molecule has 1 aromatic heterocycles. The van der Waals surface area contributed by atoms with E-state index >= 15 is 0 Å². The largest absolute Gasteiger partial charge is 0.459 e. The molecule has 2 N–H and O–H groups in total. The number of anilines is 1. The summed E-state index contributed by atoms with van der Waals surface area (Å²) in [5.41, 5.74) is 5.42. The van der Waals surface area contributed by atoms with Crippen LogP contribution in [0.5, 0.6) is 0 Å². The number of aromatic nitrogens is 3. The second-order valence-corrected chi connectivity index (χ2v) is 8.91. The van der Waals surface area contributed by atoms with Crippen LogP contribution in [0.2, 0.25) is 0 Å². The summed E-state index contributed by atoms with van der Waals surface area (Å²) in [6, 6.07) is 24.5. The van der Waals surface area contributed by atoms with Crippen molar-refractivity contribution in [3.05, 3.63) is 124 Å². The number of ether oxygens (including phenoxy) is 4. The first-order valence-corrected chi connectivity index (χ1v) is 12.5. The SMILES string of the molecule is Nc1ncn([C@H]2O[C@@H](COC(=O)c3ccccc3)C(OC(=O)c3ccccc3)[C@H]2OC(=O)c2ccccc2)c(=O)n1. The number of esters is 3. The van der Waals surface area contributed by atoms with Crippen molar-refractivity contribution in [1.29, 1.82) is 0 Å². The fraction of sp³-hybridized carbons (Fsp3) is 0.172. The van der Waals surface area contributed by atoms with E-state index in [0.717, 1.165) is 10.9 Å². The standard InChI is InChI=1S/C29H24N4O8/c30-28-31-17-33(29(37)32-28)24-23(41-27(36)20-14-8-3-9-15-20)22(40-26(35)19-12-6-2-7-13-19)21(39-24)16-38-25(34)18-10-4-1-5-11-18/h1-15,17,21-24H,16H2,(H2,30,32,37)/t21-,22?,23+,24-/m0/s1. The molecule has 2 heterocycles. The molecule has 1 fully saturated rings. The topological polar surface area (TPSA) is 162 Å². The number of carbonyl (C=O) groups excluding carboxylic acids is 3. The van der Waals surface area contributed by atoms with Crippen LogP contribution in [0.3, 0.4) is 0 Å². The van der Waals surface area contributed by atoms with E-state index < -0.39 is 54.7 Å². The highest BCUT2D eigenvalue weighted by Crippen LogP contribution is 2.34. The number of hydrogen-bond donors (Lipinski definition) is 1. The summed E-state index contributed by atoms with van der Waals surface area (Å²) in [6.07, 6.45) is -4.12. The van der Waals surface area contributed by atoms with Gasteiger partial charge in [0.05, 0.1) is 16.7 Å². The van der Waals surface area contributed by atoms with Gasteiger partial charge in [0, 0.05) is 0 Å². The molecule has 5 rings (SSSR count). The van der Waals surface area contributed by atoms with Gasteiger partial charge in [-0.05, 0) is 36.4 Å². The van der Waals surface area contributed by atoms with Gasteiger partial charge in [-0.2, -0.15) is 4.98 Å². The number of rotatable bonds is 8. The fourth-order valence-corrected chi connectivity index (χ4v) is 4.21. The van der Waals surface area contributed by atoms with Gasteiger partial charge in [0.1, 0.15) is 19.0 Å². The Morgan fingerprint density at radius 1 is 0.756 bits per heavy atom. The van der Waals surface area contributed by atoms with Gasteiger partial charge in [-0.25, -0.2) is 24.2 Å². The van der Waals surface area contributed by atoms with Crippen molar-refractivity contribution in [2.75, 3.05) is 12.3 Å². The quantitative estimate of drug-likeness (QED) is 0.251. The Labute approximate surface area is 233 Å². The highest BCUT2D eigenvalue weighted by atomic mass is 16.7. The molecular weight excluding hydrogens is 532 g/mol. The lowest BCUT2D eigenvalue weighted by atomic mass is 10.1. The van der Waals surface area contributed by atoms with Crippen molar-refractivity contribution in [2.24, 2.45) is 0 Å². The maximum Gasteiger partial charge on any atom is 0.354 e. The van der Waals surface area contributed by atoms with Crippen LogP contribution in [0, 0.1) is 0 Å². The molecule has 1 aliphatic heterocycles. The smallest absolute Gasteiger partial charge is 0.354 e. The molecule has 0 spiro atoms. The molecular formula is C29H24N4O8. The minimum atomic E-state index is -1.37. The molecule has 12 nitrogen and oxygen atoms in total. The number of nitrogens with zero attached hydrogens (tertiary/aromatic N) is 3. The predicted molar refractivity (Wildman–Crippen MR) is 143 cm³/mol. The molecule has 12 heteroatoms. The molecule has 0 aliphatic carbocycles. The van der Waals surface area contributed by atoms with Gasteiger partial charge in [0.2, 0.25) is 5.95 Å². The zero-order valence-electron chi connectivity index (χ0n) is 21.4. The molecule has 41 heavy (non-hydrogen) atoms. The summed E-state index contributed by atoms with van der Waals surface area (Å²) < 4.78 is 24.1. The molecule has 0 saturated carbocycles. The van der Waals surface area contributed by atoms with Crippen molar-refractivity contribution in [1.82, 2.24) is 14.5 Å². The first kappa shape index (κ1) is 27.2. The summed E-state index contributed by atoms with van der Waals surface area (Å²) in [7, 11) is 0. The third-order valence-corrected chi connectivity index (χ3v) is 6.20. The molecule has 4 atom stereocenters. The van der Waals surface area contributed by atoms with Crippen molar-refractivity contribution < 1.29 is 33.3 Å². The van der Waals surface area contributed by atoms with Gasteiger partial charge in [-0.3, -0.25) is 4.57 Å². The fourth-order valence-electron chi connectivity index (χ4n) is 4.21. The van der Waals surface area contributed by atoms with E-state index in [4.69, 9.17) is 24.7 Å². The van der Waals surface area contributed by atoms with E-state index in [1.807, 2.05) is 0 Å². The van der Waals surface area contributed by atoms with Crippen LogP contribution < -0.4 is 11.4 Å². The van der Waals surface area contributed by atoms with Gasteiger partial charge in [0.15, 0.2) is 18.4 Å². The predicted octanol–water partition coefficient (Wildman–Crippen LogP) is 2.43. The summed E-state index contributed by atoms with van der Waals surface area (Å²) in [5.74, 6) is -2.45. The Bertz CT molecular complexity index is 1580. The van der Waals surface area contributed by atoms with Gasteiger partial charge in [0.25, 0.3) is 0 Å². The Morgan fingerprint density at radius 2 is 1.24 bits per heavy atom. The first-order valence-electron chi connectivity index (χ1n) is 12.5. The third-order valence-electron chi connectivity index (χ3n) is 6.20. The van der Waals surface area contributed by atoms with Crippen LogP contribution in [-0.4, -0.2) is 57.4 Å². The van der Waals surface area contributed by atoms with E-state index in [2.05, 4.69) is 9.97 Å². The van der Waals surface area contributed by atoms with Crippen molar-refractivity contribution in [3.8, 4) is 0 Å². The summed E-state index contributed by atoms with van der Waals surface area (Å²) >= 11 is 0. The Kier molecular flexibility index (Phi) is 8.11. The van der Waals surface area contributed by atoms with Crippen molar-refractivity contribution in [2.45, 2.75) is 24.5 Å². The normalized spacial score (nSPS) is 19.7. The van der Waals surface area contributed by atoms with Gasteiger partial charge in [-0.1, -0.05) is 54.6 Å². The Morgan fingerprint density at radius 3 is 1.76 bits per heavy atom. The summed E-state index contributed by atoms with van der Waals surface area (Å²) in [6.45, 7) is -0.402. The van der Waals surface area contributed by atoms with Gasteiger partial charge < -0.3 is 24.7 Å². The summed E-state index contributed by atoms with van der Waals surface area (Å²) in [5, 5.41) is 0. The van der Waals surface area contributed by atoms with E-state index in [0.29, 0.717) is 0 Å². The molecule has 4 aromatic rings. The third kappa shape index (κ3) is 6.28. The van der Waals surface area contributed by atoms with Crippen molar-refractivity contribution in [3.63, 3.8) is 0 Å². The zero-order valence-corrected chi connectivity index (χ0v) is 21.4. The second-order valence-electron chi connectivity index (χ2n) is 8.91. The lowest BCUT2D eigenvalue weighted by Crippen LogP contribution is -2.42. The van der Waals surface area contributed by atoms with Crippen LogP contribution in [-0.2, 0) is 18.9 Å². The molecule has 208 valence electrons. The average Bonchev–Trinajstić information content (AvgIpc) is 3.33. The molecule has 1 unspecified atom stereocenters. The van der Waals surface area contributed by atoms with Crippen LogP contribution in [0.1, 0.15) is 37.3 Å². The van der Waals surface area contributed by atoms with Crippen LogP contribution in [0.4, 0.5) is 5.95 Å². The van der Waals surface area contributed by atoms with Gasteiger partial charge in [-0.15, -0.1) is 0 Å². The molecule has 0 radical (unpaired) electrons. The minimum absolute atomic E-state index is 0.208. The maximum absolute atomic E-state index is 13.1. The molecule has 0 amide bonds. The van der Waals surface area contributed by atoms with E-state index in [-0.39, 0.29) is 22.6 Å². The number of nitrogens with two attached hydrogens (primary N) is 1. The van der Waals surface area contributed by atoms with Crippen LogP contribution >= 0.6 is 0 Å². The minimum Gasteiger partial charge on any atom is -0.459 e. The maximum atomic E-state index is 13.1. The average molecular weight is 557 g/mol. The van der Waals surface area contributed by atoms with Gasteiger partial charge >= 0.3 is 23.6 Å². The highest BCUT2D eigenvalue weighted by Gasteiger charge is 2.51. The molecule has 0 bridgehead atoms. The molecule has 1 aliphatic rings. The van der Waals surface area contributed by atoms with E-state index in [9.17, 15) is 19.2 Å². The number of nitrogen functional groups attached to an aromatic ring is 1. The van der Waals surface area contributed by atoms with Crippen LogP contribution in [0.25, 0.3) is 0 Å². The molecule has 1 saturated heterocycles. The summed E-state index contributed by atoms with van der Waals surface area (Å²) in [4.78, 5) is 59.2. The second kappa shape index (κ2) is 12.2. The van der Waals surface area contributed by atoms with E-state index in [1.165, 1.54) is 12.1 Å². The Hall–Kier alpha value is -5.36. The van der Waals surface area contributed by atoms with E-state index in [1.54, 1.807) is 78.9 Å². The monoisotopic (exact) mass is 556 g/mol. The number of carbonyl (C=O) groups is 3. The van der Waals surface area contributed by atoms with Crippen LogP contribution in [0.15, 0.2) is 102 Å². The first-order chi connectivity index (χ1) is 19.9. The number of hydrogen-bond acceptors (Lipinski definition) is 11. The highest BCUT2D eigenvalue weighted by molar-refractivity contribution is 5.91. The lowest BCUT2D eigenvalue weighted by molar-refractivity contribution is -0.0643.